The van der Waals surface area contributed by atoms with Gasteiger partial charge in [0.15, 0.2) is 0 Å². The number of anilines is 1. The van der Waals surface area contributed by atoms with E-state index in [2.05, 4.69) is 15.4 Å². The van der Waals surface area contributed by atoms with E-state index in [0.717, 1.165) is 11.3 Å². The number of ether oxygens (including phenoxy) is 2. The first-order valence-electron chi connectivity index (χ1n) is 8.34. The van der Waals surface area contributed by atoms with Crippen molar-refractivity contribution in [2.45, 2.75) is 0 Å². The van der Waals surface area contributed by atoms with E-state index in [1.54, 1.807) is 34.8 Å². The van der Waals surface area contributed by atoms with Crippen LogP contribution in [-0.4, -0.2) is 34.7 Å². The summed E-state index contributed by atoms with van der Waals surface area (Å²) in [4.78, 5) is 17.8. The molecular formula is C19H14Cl2N4O3S. The van der Waals surface area contributed by atoms with Gasteiger partial charge in [0, 0.05) is 16.0 Å². The minimum absolute atomic E-state index is 0.154. The van der Waals surface area contributed by atoms with E-state index < -0.39 is 5.91 Å². The zero-order valence-electron chi connectivity index (χ0n) is 15.3. The third kappa shape index (κ3) is 3.62. The molecule has 0 unspecified atom stereocenters. The van der Waals surface area contributed by atoms with Crippen molar-refractivity contribution in [2.24, 2.45) is 0 Å². The number of benzene rings is 2. The molecular weight excluding hydrogens is 435 g/mol. The molecule has 1 amide bonds. The van der Waals surface area contributed by atoms with Crippen LogP contribution in [0.5, 0.6) is 11.5 Å². The van der Waals surface area contributed by atoms with Crippen LogP contribution >= 0.6 is 34.5 Å². The molecule has 0 saturated heterocycles. The Hall–Kier alpha value is -2.81. The van der Waals surface area contributed by atoms with E-state index >= 15 is 0 Å². The molecule has 10 heteroatoms. The second kappa shape index (κ2) is 7.90. The predicted octanol–water partition coefficient (Wildman–Crippen LogP) is 5.03. The number of methoxy groups -OCH3 is 2. The molecule has 0 aliphatic heterocycles. The highest BCUT2D eigenvalue weighted by molar-refractivity contribution is 7.15. The second-order valence-corrected chi connectivity index (χ2v) is 7.55. The van der Waals surface area contributed by atoms with Gasteiger partial charge < -0.3 is 9.47 Å². The zero-order chi connectivity index (χ0) is 20.5. The van der Waals surface area contributed by atoms with Crippen LogP contribution in [0.4, 0.5) is 5.95 Å². The largest absolute Gasteiger partial charge is 0.496 e. The van der Waals surface area contributed by atoms with Crippen LogP contribution < -0.4 is 14.8 Å². The van der Waals surface area contributed by atoms with Crippen molar-refractivity contribution >= 4 is 51.4 Å². The Kier molecular flexibility index (Phi) is 5.31. The number of fused-ring (bicyclic) bond motifs is 1. The average molecular weight is 449 g/mol. The van der Waals surface area contributed by atoms with E-state index in [0.29, 0.717) is 26.5 Å². The van der Waals surface area contributed by atoms with Gasteiger partial charge in [0.1, 0.15) is 17.1 Å². The number of hydrogen-bond acceptors (Lipinski definition) is 6. The fourth-order valence-electron chi connectivity index (χ4n) is 2.86. The SMILES string of the molecule is COc1cccc(OC)c1C(=O)Nc1nc2scc(-c3ccc(Cl)cc3Cl)n2n1. The number of carbonyl (C=O) groups excluding carboxylic acids is 1. The van der Waals surface area contributed by atoms with E-state index in [4.69, 9.17) is 32.7 Å². The normalized spacial score (nSPS) is 10.9. The molecule has 1 N–H and O–H groups in total. The van der Waals surface area contributed by atoms with Crippen LogP contribution in [0.2, 0.25) is 10.0 Å². The summed E-state index contributed by atoms with van der Waals surface area (Å²) in [6, 6.07) is 10.3. The first-order valence-corrected chi connectivity index (χ1v) is 9.97. The molecule has 148 valence electrons. The van der Waals surface area contributed by atoms with Gasteiger partial charge in [0.05, 0.1) is 24.9 Å². The van der Waals surface area contributed by atoms with Crippen molar-refractivity contribution in [3.8, 4) is 22.8 Å². The summed E-state index contributed by atoms with van der Waals surface area (Å²) in [6.07, 6.45) is 0. The fraction of sp³-hybridized carbons (Fsp3) is 0.105. The molecule has 2 aromatic carbocycles. The summed E-state index contributed by atoms with van der Waals surface area (Å²) in [7, 11) is 2.97. The summed E-state index contributed by atoms with van der Waals surface area (Å²) >= 11 is 13.7. The number of nitrogens with one attached hydrogen (secondary N) is 1. The maximum absolute atomic E-state index is 12.8. The highest BCUT2D eigenvalue weighted by Gasteiger charge is 2.21. The van der Waals surface area contributed by atoms with Gasteiger partial charge >= 0.3 is 0 Å². The molecule has 29 heavy (non-hydrogen) atoms. The maximum Gasteiger partial charge on any atom is 0.265 e. The van der Waals surface area contributed by atoms with Crippen LogP contribution in [0.25, 0.3) is 16.2 Å². The fourth-order valence-corrected chi connectivity index (χ4v) is 4.18. The topological polar surface area (TPSA) is 77.8 Å². The first kappa shape index (κ1) is 19.5. The number of amides is 1. The van der Waals surface area contributed by atoms with Crippen molar-refractivity contribution < 1.29 is 14.3 Å². The molecule has 0 aliphatic rings. The molecule has 0 saturated carbocycles. The van der Waals surface area contributed by atoms with E-state index in [1.165, 1.54) is 25.6 Å². The number of rotatable bonds is 5. The zero-order valence-corrected chi connectivity index (χ0v) is 17.6. The number of halogens is 2. The second-order valence-electron chi connectivity index (χ2n) is 5.87. The molecule has 4 rings (SSSR count). The number of carbonyl (C=O) groups is 1. The van der Waals surface area contributed by atoms with Gasteiger partial charge in [0.2, 0.25) is 4.96 Å². The summed E-state index contributed by atoms with van der Waals surface area (Å²) in [5, 5.41) is 10.0. The molecule has 0 atom stereocenters. The highest BCUT2D eigenvalue weighted by atomic mass is 35.5. The molecule has 0 radical (unpaired) electrons. The summed E-state index contributed by atoms with van der Waals surface area (Å²) < 4.78 is 12.2. The van der Waals surface area contributed by atoms with Crippen LogP contribution in [0.15, 0.2) is 41.8 Å². The van der Waals surface area contributed by atoms with Crippen molar-refractivity contribution in [1.29, 1.82) is 0 Å². The standard InChI is InChI=1S/C19H14Cl2N4O3S/c1-27-14-4-3-5-15(28-2)16(14)17(26)22-18-23-19-25(24-18)13(9-29-19)11-7-6-10(20)8-12(11)21/h3-9H,1-2H3,(H,22,24,26). The van der Waals surface area contributed by atoms with Crippen molar-refractivity contribution in [2.75, 3.05) is 19.5 Å². The molecule has 7 nitrogen and oxygen atoms in total. The highest BCUT2D eigenvalue weighted by Crippen LogP contribution is 2.33. The number of nitrogens with zero attached hydrogens (tertiary/aromatic N) is 3. The number of hydrogen-bond donors (Lipinski definition) is 1. The van der Waals surface area contributed by atoms with Crippen molar-refractivity contribution in [3.05, 3.63) is 57.4 Å². The van der Waals surface area contributed by atoms with Crippen LogP contribution in [0.1, 0.15) is 10.4 Å². The lowest BCUT2D eigenvalue weighted by atomic mass is 10.1. The number of aromatic nitrogens is 3. The minimum atomic E-state index is -0.441. The predicted molar refractivity (Wildman–Crippen MR) is 114 cm³/mol. The Labute approximate surface area is 179 Å². The van der Waals surface area contributed by atoms with Crippen LogP contribution in [0.3, 0.4) is 0 Å². The monoisotopic (exact) mass is 448 g/mol. The third-order valence-electron chi connectivity index (χ3n) is 4.17. The van der Waals surface area contributed by atoms with Gasteiger partial charge in [-0.05, 0) is 30.3 Å². The van der Waals surface area contributed by atoms with Gasteiger partial charge in [-0.15, -0.1) is 16.4 Å². The molecule has 0 bridgehead atoms. The first-order chi connectivity index (χ1) is 14.0. The smallest absolute Gasteiger partial charge is 0.265 e. The van der Waals surface area contributed by atoms with Gasteiger partial charge in [-0.1, -0.05) is 29.3 Å². The quantitative estimate of drug-likeness (QED) is 0.462. The molecule has 2 aromatic heterocycles. The van der Waals surface area contributed by atoms with Crippen LogP contribution in [-0.2, 0) is 0 Å². The van der Waals surface area contributed by atoms with Gasteiger partial charge in [-0.25, -0.2) is 4.52 Å². The lowest BCUT2D eigenvalue weighted by Gasteiger charge is -2.11. The van der Waals surface area contributed by atoms with Gasteiger partial charge in [0.25, 0.3) is 11.9 Å². The third-order valence-corrected chi connectivity index (χ3v) is 5.53. The Morgan fingerprint density at radius 1 is 1.14 bits per heavy atom. The molecule has 0 spiro atoms. The number of thiazole rings is 1. The molecule has 0 fully saturated rings. The van der Waals surface area contributed by atoms with Crippen LogP contribution in [0, 0.1) is 0 Å². The lowest BCUT2D eigenvalue weighted by Crippen LogP contribution is -2.15. The van der Waals surface area contributed by atoms with E-state index in [1.807, 2.05) is 11.4 Å². The Balaban J connectivity index is 1.69. The van der Waals surface area contributed by atoms with Crippen molar-refractivity contribution in [3.63, 3.8) is 0 Å². The Morgan fingerprint density at radius 3 is 2.52 bits per heavy atom. The molecule has 0 aliphatic carbocycles. The lowest BCUT2D eigenvalue weighted by molar-refractivity contribution is 0.102. The Bertz CT molecular complexity index is 1200. The summed E-state index contributed by atoms with van der Waals surface area (Å²) in [5.74, 6) is 0.484. The summed E-state index contributed by atoms with van der Waals surface area (Å²) in [6.45, 7) is 0. The maximum atomic E-state index is 12.8. The van der Waals surface area contributed by atoms with Crippen molar-refractivity contribution in [1.82, 2.24) is 14.6 Å². The molecule has 2 heterocycles. The average Bonchev–Trinajstić information content (AvgIpc) is 3.27. The Morgan fingerprint density at radius 2 is 1.86 bits per heavy atom. The minimum Gasteiger partial charge on any atom is -0.496 e. The summed E-state index contributed by atoms with van der Waals surface area (Å²) in [5.41, 5.74) is 1.77. The van der Waals surface area contributed by atoms with E-state index in [-0.39, 0.29) is 11.5 Å². The van der Waals surface area contributed by atoms with E-state index in [9.17, 15) is 4.79 Å². The molecule has 4 aromatic rings. The van der Waals surface area contributed by atoms with Gasteiger partial charge in [-0.3, -0.25) is 10.1 Å². The van der Waals surface area contributed by atoms with Gasteiger partial charge in [-0.2, -0.15) is 4.98 Å².